The van der Waals surface area contributed by atoms with Crippen LogP contribution in [0, 0.1) is 12.8 Å². The van der Waals surface area contributed by atoms with E-state index in [1.165, 1.54) is 16.7 Å². The zero-order valence-electron chi connectivity index (χ0n) is 16.1. The van der Waals surface area contributed by atoms with Crippen LogP contribution in [0.4, 0.5) is 5.82 Å². The molecule has 2 aromatic heterocycles. The predicted octanol–water partition coefficient (Wildman–Crippen LogP) is 1.56. The normalized spacial score (nSPS) is 22.4. The molecule has 0 amide bonds. The van der Waals surface area contributed by atoms with Crippen LogP contribution in [0.15, 0.2) is 24.7 Å². The van der Waals surface area contributed by atoms with E-state index >= 15 is 0 Å². The number of benzene rings is 1. The molecule has 7 nitrogen and oxygen atoms in total. The molecule has 146 valence electrons. The van der Waals surface area contributed by atoms with Crippen molar-refractivity contribution in [2.75, 3.05) is 37.7 Å². The molecule has 28 heavy (non-hydrogen) atoms. The lowest BCUT2D eigenvalue weighted by Crippen LogP contribution is -2.44. The zero-order valence-corrected chi connectivity index (χ0v) is 16.1. The number of H-pyrrole nitrogens is 1. The summed E-state index contributed by atoms with van der Waals surface area (Å²) < 4.78 is 0. The number of aromatic amines is 1. The van der Waals surface area contributed by atoms with Crippen molar-refractivity contribution in [3.05, 3.63) is 47.0 Å². The molecule has 0 bridgehead atoms. The minimum Gasteiger partial charge on any atom is -0.396 e. The SMILES string of the molecule is Cc1ccc2[nH]ncc2c1[C@@H]1Cc2ncnc(N3CCNCC3)c2C[C@H]1CO. The predicted molar refractivity (Wildman–Crippen MR) is 109 cm³/mol. The van der Waals surface area contributed by atoms with Crippen LogP contribution in [-0.2, 0) is 12.8 Å². The maximum absolute atomic E-state index is 10.3. The van der Waals surface area contributed by atoms with Gasteiger partial charge in [0.2, 0.25) is 0 Å². The van der Waals surface area contributed by atoms with E-state index in [4.69, 9.17) is 0 Å². The average Bonchev–Trinajstić information content (AvgIpc) is 3.21. The zero-order chi connectivity index (χ0) is 19.1. The van der Waals surface area contributed by atoms with E-state index < -0.39 is 0 Å². The molecule has 0 unspecified atom stereocenters. The topological polar surface area (TPSA) is 90.0 Å². The minimum atomic E-state index is 0.152. The van der Waals surface area contributed by atoms with Gasteiger partial charge in [-0.2, -0.15) is 5.10 Å². The van der Waals surface area contributed by atoms with Crippen molar-refractivity contribution in [1.82, 2.24) is 25.5 Å². The first-order valence-electron chi connectivity index (χ1n) is 10.1. The highest BCUT2D eigenvalue weighted by Crippen LogP contribution is 2.42. The van der Waals surface area contributed by atoms with Gasteiger partial charge >= 0.3 is 0 Å². The van der Waals surface area contributed by atoms with Gasteiger partial charge in [-0.15, -0.1) is 0 Å². The van der Waals surface area contributed by atoms with E-state index in [9.17, 15) is 5.11 Å². The van der Waals surface area contributed by atoms with Crippen LogP contribution in [0.25, 0.3) is 10.9 Å². The van der Waals surface area contributed by atoms with Crippen molar-refractivity contribution in [1.29, 1.82) is 0 Å². The van der Waals surface area contributed by atoms with Crippen LogP contribution in [0.1, 0.15) is 28.3 Å². The molecular formula is C21H26N6O. The second-order valence-electron chi connectivity index (χ2n) is 7.94. The quantitative estimate of drug-likeness (QED) is 0.641. The van der Waals surface area contributed by atoms with E-state index in [0.29, 0.717) is 0 Å². The Hall–Kier alpha value is -2.51. The molecule has 5 rings (SSSR count). The third-order valence-corrected chi connectivity index (χ3v) is 6.37. The maximum Gasteiger partial charge on any atom is 0.135 e. The summed E-state index contributed by atoms with van der Waals surface area (Å²) in [6, 6.07) is 4.22. The van der Waals surface area contributed by atoms with Crippen molar-refractivity contribution in [3.63, 3.8) is 0 Å². The van der Waals surface area contributed by atoms with Crippen molar-refractivity contribution in [3.8, 4) is 0 Å². The van der Waals surface area contributed by atoms with Gasteiger partial charge in [0.25, 0.3) is 0 Å². The third kappa shape index (κ3) is 2.86. The molecule has 3 N–H and O–H groups in total. The highest BCUT2D eigenvalue weighted by molar-refractivity contribution is 5.83. The summed E-state index contributed by atoms with van der Waals surface area (Å²) in [5, 5.41) is 22.2. The first-order valence-corrected chi connectivity index (χ1v) is 10.1. The van der Waals surface area contributed by atoms with Crippen LogP contribution in [0.3, 0.4) is 0 Å². The third-order valence-electron chi connectivity index (χ3n) is 6.37. The summed E-state index contributed by atoms with van der Waals surface area (Å²) in [5.74, 6) is 1.44. The van der Waals surface area contributed by atoms with Crippen LogP contribution in [-0.4, -0.2) is 58.1 Å². The molecule has 1 aliphatic heterocycles. The lowest BCUT2D eigenvalue weighted by Gasteiger charge is -2.36. The Morgan fingerprint density at radius 2 is 2.04 bits per heavy atom. The number of hydrogen-bond donors (Lipinski definition) is 3. The van der Waals surface area contributed by atoms with Gasteiger partial charge in [-0.3, -0.25) is 5.10 Å². The van der Waals surface area contributed by atoms with E-state index in [-0.39, 0.29) is 18.4 Å². The highest BCUT2D eigenvalue weighted by atomic mass is 16.3. The largest absolute Gasteiger partial charge is 0.396 e. The van der Waals surface area contributed by atoms with Crippen LogP contribution < -0.4 is 10.2 Å². The summed E-state index contributed by atoms with van der Waals surface area (Å²) in [7, 11) is 0. The number of nitrogens with one attached hydrogen (secondary N) is 2. The highest BCUT2D eigenvalue weighted by Gasteiger charge is 2.34. The molecule has 7 heteroatoms. The van der Waals surface area contributed by atoms with Gasteiger partial charge in [-0.05, 0) is 48.8 Å². The molecular weight excluding hydrogens is 352 g/mol. The fourth-order valence-corrected chi connectivity index (χ4v) is 4.92. The van der Waals surface area contributed by atoms with Crippen LogP contribution >= 0.6 is 0 Å². The Morgan fingerprint density at radius 3 is 2.86 bits per heavy atom. The van der Waals surface area contributed by atoms with Gasteiger partial charge in [0.15, 0.2) is 0 Å². The fraction of sp³-hybridized carbons (Fsp3) is 0.476. The molecule has 3 heterocycles. The standard InChI is InChI=1S/C21H26N6O/c1-13-2-3-18-17(10-25-26-18)20(13)15-9-19-16(8-14(15)11-28)21(24-12-23-19)27-6-4-22-5-7-27/h2-3,10,12,14-15,22,28H,4-9,11H2,1H3,(H,25,26)/t14-,15+/m0/s1. The molecule has 0 spiro atoms. The Bertz CT molecular complexity index is 994. The molecule has 1 aliphatic carbocycles. The van der Waals surface area contributed by atoms with Crippen molar-refractivity contribution >= 4 is 16.7 Å². The summed E-state index contributed by atoms with van der Waals surface area (Å²) in [5.41, 5.74) is 5.93. The maximum atomic E-state index is 10.3. The first kappa shape index (κ1) is 17.6. The molecule has 2 aliphatic rings. The van der Waals surface area contributed by atoms with Crippen molar-refractivity contribution in [2.24, 2.45) is 5.92 Å². The number of anilines is 1. The summed E-state index contributed by atoms with van der Waals surface area (Å²) in [6.45, 7) is 6.19. The van der Waals surface area contributed by atoms with Crippen LogP contribution in [0.5, 0.6) is 0 Å². The Kier molecular flexibility index (Phi) is 4.49. The second kappa shape index (κ2) is 7.14. The Balaban J connectivity index is 1.57. The van der Waals surface area contributed by atoms with Gasteiger partial charge in [0.1, 0.15) is 12.1 Å². The molecule has 2 atom stereocenters. The number of aliphatic hydroxyl groups is 1. The van der Waals surface area contributed by atoms with E-state index in [1.807, 2.05) is 6.20 Å². The van der Waals surface area contributed by atoms with E-state index in [2.05, 4.69) is 49.4 Å². The van der Waals surface area contributed by atoms with Gasteiger partial charge < -0.3 is 15.3 Å². The summed E-state index contributed by atoms with van der Waals surface area (Å²) in [4.78, 5) is 11.6. The van der Waals surface area contributed by atoms with E-state index in [1.54, 1.807) is 6.33 Å². The van der Waals surface area contributed by atoms with Crippen molar-refractivity contribution < 1.29 is 5.11 Å². The smallest absolute Gasteiger partial charge is 0.135 e. The van der Waals surface area contributed by atoms with Gasteiger partial charge in [-0.1, -0.05) is 6.07 Å². The summed E-state index contributed by atoms with van der Waals surface area (Å²) >= 11 is 0. The molecule has 0 radical (unpaired) electrons. The average molecular weight is 378 g/mol. The number of aryl methyl sites for hydroxylation is 1. The Labute approximate surface area is 164 Å². The lowest BCUT2D eigenvalue weighted by atomic mass is 9.72. The molecule has 0 saturated carbocycles. The number of aromatic nitrogens is 4. The minimum absolute atomic E-state index is 0.152. The number of rotatable bonds is 3. The molecule has 1 aromatic carbocycles. The number of hydrogen-bond acceptors (Lipinski definition) is 6. The second-order valence-corrected chi connectivity index (χ2v) is 7.94. The fourth-order valence-electron chi connectivity index (χ4n) is 4.92. The summed E-state index contributed by atoms with van der Waals surface area (Å²) in [6.07, 6.45) is 5.25. The molecule has 1 saturated heterocycles. The molecule has 1 fully saturated rings. The lowest BCUT2D eigenvalue weighted by molar-refractivity contribution is 0.195. The number of aliphatic hydroxyl groups excluding tert-OH is 1. The number of fused-ring (bicyclic) bond motifs is 2. The number of nitrogens with zero attached hydrogens (tertiary/aromatic N) is 4. The van der Waals surface area contributed by atoms with Crippen molar-refractivity contribution in [2.45, 2.75) is 25.7 Å². The Morgan fingerprint density at radius 1 is 1.18 bits per heavy atom. The van der Waals surface area contributed by atoms with E-state index in [0.717, 1.165) is 61.4 Å². The number of piperazine rings is 1. The van der Waals surface area contributed by atoms with Gasteiger partial charge in [0.05, 0.1) is 11.7 Å². The van der Waals surface area contributed by atoms with Gasteiger partial charge in [0, 0.05) is 49.4 Å². The molecule has 3 aromatic rings. The van der Waals surface area contributed by atoms with Crippen LogP contribution in [0.2, 0.25) is 0 Å². The monoisotopic (exact) mass is 378 g/mol. The first-order chi connectivity index (χ1) is 13.8. The van der Waals surface area contributed by atoms with Gasteiger partial charge in [-0.25, -0.2) is 9.97 Å².